The van der Waals surface area contributed by atoms with Gasteiger partial charge in [-0.15, -0.1) is 0 Å². The highest BCUT2D eigenvalue weighted by atomic mass is 19.4. The molecule has 7 saturated carbocycles. The first-order chi connectivity index (χ1) is 37.4. The van der Waals surface area contributed by atoms with Crippen LogP contribution in [0.2, 0.25) is 0 Å². The van der Waals surface area contributed by atoms with Gasteiger partial charge in [0.2, 0.25) is 0 Å². The molecule has 0 saturated heterocycles. The third kappa shape index (κ3) is 22.2. The van der Waals surface area contributed by atoms with E-state index in [9.17, 15) is 92.2 Å². The summed E-state index contributed by atoms with van der Waals surface area (Å²) >= 11 is 0. The van der Waals surface area contributed by atoms with Gasteiger partial charge in [-0.05, 0) is 165 Å². The van der Waals surface area contributed by atoms with Crippen molar-refractivity contribution in [3.8, 4) is 0 Å². The van der Waals surface area contributed by atoms with Crippen LogP contribution in [0, 0.1) is 97.6 Å². The van der Waals surface area contributed by atoms with E-state index in [1.54, 1.807) is 13.8 Å². The third-order valence-corrected chi connectivity index (χ3v) is 22.0. The Morgan fingerprint density at radius 3 is 1.06 bits per heavy atom. The van der Waals surface area contributed by atoms with Crippen molar-refractivity contribution in [2.45, 2.75) is 302 Å². The van der Waals surface area contributed by atoms with Gasteiger partial charge >= 0.3 is 43.2 Å². The van der Waals surface area contributed by atoms with Crippen molar-refractivity contribution >= 4 is 0 Å². The van der Waals surface area contributed by atoms with Gasteiger partial charge in [0, 0.05) is 0 Å². The SMILES string of the molecule is CC(C)(C)C(C)(C)C(C)(C)C.CC1CC2CCC1(C)C2.CC1CCC(C(F)(F)F)(C(F)(F)F)CC1.CC1CCC(C(F)(F)F)CC1.CC1CCCC(C(F)(F)F)[C@@H]1C.C[C@@H]1CCCC(C(F)(F)F)C1.C[C@@H]1CCCCC1(C(F)(F)F)C(F)(F)F. The molecule has 0 nitrogen and oxygen atoms in total. The van der Waals surface area contributed by atoms with Gasteiger partial charge in [-0.3, -0.25) is 0 Å². The lowest BCUT2D eigenvalue weighted by molar-refractivity contribution is -0.364. The van der Waals surface area contributed by atoms with Gasteiger partial charge in [0.05, 0.1) is 17.8 Å². The largest absolute Gasteiger partial charge is 0.403 e. The average Bonchev–Trinajstić information content (AvgIpc) is 1.74. The quantitative estimate of drug-likeness (QED) is 0.212. The first-order valence-corrected chi connectivity index (χ1v) is 30.8. The predicted molar refractivity (Wildman–Crippen MR) is 292 cm³/mol. The lowest BCUT2D eigenvalue weighted by Gasteiger charge is -2.49. The molecule has 9 atom stereocenters. The van der Waals surface area contributed by atoms with Crippen molar-refractivity contribution in [1.29, 1.82) is 0 Å². The maximum atomic E-state index is 12.6. The molecular weight excluding hydrogens is 1160 g/mol. The molecule has 7 fully saturated rings. The number of halogens is 21. The zero-order valence-corrected chi connectivity index (χ0v) is 53.1. The summed E-state index contributed by atoms with van der Waals surface area (Å²) in [6.07, 6.45) is -22.1. The van der Waals surface area contributed by atoms with E-state index in [0.717, 1.165) is 62.7 Å². The number of hydrogen-bond donors (Lipinski definition) is 0. The lowest BCUT2D eigenvalue weighted by atomic mass is 9.56. The lowest BCUT2D eigenvalue weighted by Crippen LogP contribution is -2.55. The van der Waals surface area contributed by atoms with Crippen LogP contribution in [0.1, 0.15) is 258 Å². The summed E-state index contributed by atoms with van der Waals surface area (Å²) in [7, 11) is 0. The van der Waals surface area contributed by atoms with Crippen molar-refractivity contribution in [2.24, 2.45) is 97.6 Å². The average molecular weight is 1260 g/mol. The molecule has 0 aromatic rings. The van der Waals surface area contributed by atoms with Crippen LogP contribution in [0.15, 0.2) is 0 Å². The van der Waals surface area contributed by atoms with Crippen LogP contribution in [0.25, 0.3) is 0 Å². The van der Waals surface area contributed by atoms with Crippen LogP contribution in [0.5, 0.6) is 0 Å². The number of alkyl halides is 21. The normalized spacial score (nSPS) is 31.7. The van der Waals surface area contributed by atoms with Gasteiger partial charge in [-0.2, -0.15) is 92.2 Å². The van der Waals surface area contributed by atoms with E-state index in [4.69, 9.17) is 0 Å². The standard InChI is InChI=1S/C11H24.2C9H12F6.C9H15F3.C9H16.2C8H13F3/c1-9(2,3)11(7,8)10(4,5)6;1-6-2-4-7(5-3-6,8(10,11)12)9(13,14)15;1-6-4-2-3-5-7(6,8(10,11)12)9(13,14)15;1-6-4-3-5-8(7(6)2)9(10,11)12;1-7-5-8-3-4-9(7,2)6-8;1-6-2-4-7(5-3-6)8(9,10)11;1-6-3-2-4-7(5-6)8(9,10)11/h1-8H3;2*6H,2-5H2,1H3;6-8H,3-5H2,1-2H3;7-8H,3-6H2,1-2H3;2*6-7H,2-5H2,1H3/t;;6-;6?,7-,8?;;;6-,7?/m..11..1/s1. The molecule has 0 aliphatic heterocycles. The second kappa shape index (κ2) is 30.1. The molecule has 0 amide bonds. The van der Waals surface area contributed by atoms with E-state index < -0.39 is 97.0 Å². The van der Waals surface area contributed by atoms with Crippen LogP contribution in [0.3, 0.4) is 0 Å². The summed E-state index contributed by atoms with van der Waals surface area (Å²) in [5.41, 5.74) is -5.05. The molecule has 6 unspecified atom stereocenters. The van der Waals surface area contributed by atoms with Gasteiger partial charge < -0.3 is 0 Å². The van der Waals surface area contributed by atoms with E-state index >= 15 is 0 Å². The van der Waals surface area contributed by atoms with Crippen molar-refractivity contribution in [3.63, 3.8) is 0 Å². The Labute approximate surface area is 490 Å². The molecule has 21 heteroatoms. The number of fused-ring (bicyclic) bond motifs is 2. The van der Waals surface area contributed by atoms with Gasteiger partial charge in [0.15, 0.2) is 10.8 Å². The minimum atomic E-state index is -5.20. The van der Waals surface area contributed by atoms with E-state index in [2.05, 4.69) is 69.2 Å². The van der Waals surface area contributed by atoms with Gasteiger partial charge in [0.1, 0.15) is 0 Å². The molecule has 0 N–H and O–H groups in total. The zero-order valence-electron chi connectivity index (χ0n) is 53.1. The molecule has 7 rings (SSSR count). The van der Waals surface area contributed by atoms with Crippen LogP contribution in [0.4, 0.5) is 92.2 Å². The Morgan fingerprint density at radius 2 is 0.786 bits per heavy atom. The highest BCUT2D eigenvalue weighted by molar-refractivity contribution is 5.00. The summed E-state index contributed by atoms with van der Waals surface area (Å²) in [5, 5.41) is 0. The fourth-order valence-corrected chi connectivity index (χ4v) is 13.7. The van der Waals surface area contributed by atoms with E-state index in [0.29, 0.717) is 60.7 Å². The molecule has 0 spiro atoms. The number of rotatable bonds is 0. The summed E-state index contributed by atoms with van der Waals surface area (Å²) in [6, 6.07) is 0. The summed E-state index contributed by atoms with van der Waals surface area (Å²) in [6.45, 7) is 33.8. The van der Waals surface area contributed by atoms with Crippen molar-refractivity contribution in [3.05, 3.63) is 0 Å². The van der Waals surface area contributed by atoms with Crippen molar-refractivity contribution < 1.29 is 92.2 Å². The van der Waals surface area contributed by atoms with Crippen molar-refractivity contribution in [2.75, 3.05) is 0 Å². The predicted octanol–water partition coefficient (Wildman–Crippen LogP) is 25.9. The van der Waals surface area contributed by atoms with E-state index in [-0.39, 0.29) is 49.4 Å². The molecule has 84 heavy (non-hydrogen) atoms. The summed E-state index contributed by atoms with van der Waals surface area (Å²) in [4.78, 5) is 0. The minimum absolute atomic E-state index is 0.0106. The van der Waals surface area contributed by atoms with Crippen LogP contribution in [-0.4, -0.2) is 43.2 Å². The Balaban J connectivity index is 0.000000493. The Bertz CT molecular complexity index is 1810. The van der Waals surface area contributed by atoms with Crippen LogP contribution >= 0.6 is 0 Å². The minimum Gasteiger partial charge on any atom is -0.171 e. The van der Waals surface area contributed by atoms with Gasteiger partial charge in [-0.25, -0.2) is 0 Å². The molecule has 7 aliphatic carbocycles. The third-order valence-electron chi connectivity index (χ3n) is 22.0. The van der Waals surface area contributed by atoms with Crippen LogP contribution < -0.4 is 0 Å². The topological polar surface area (TPSA) is 0 Å². The number of hydrogen-bond acceptors (Lipinski definition) is 0. The first-order valence-electron chi connectivity index (χ1n) is 30.8. The second-order valence-corrected chi connectivity index (χ2v) is 29.8. The molecule has 2 bridgehead atoms. The van der Waals surface area contributed by atoms with E-state index in [1.807, 2.05) is 20.8 Å². The summed E-state index contributed by atoms with van der Waals surface area (Å²) < 4.78 is 260. The van der Waals surface area contributed by atoms with Crippen molar-refractivity contribution in [1.82, 2.24) is 0 Å². The molecule has 0 radical (unpaired) electrons. The maximum Gasteiger partial charge on any atom is 0.403 e. The first kappa shape index (κ1) is 80.5. The second-order valence-electron chi connectivity index (χ2n) is 29.8. The molecule has 7 aliphatic rings. The fourth-order valence-electron chi connectivity index (χ4n) is 13.7. The van der Waals surface area contributed by atoms with E-state index in [1.165, 1.54) is 25.7 Å². The maximum absolute atomic E-state index is 12.6. The summed E-state index contributed by atoms with van der Waals surface area (Å²) in [5.74, 6) is -1.60. The highest BCUT2D eigenvalue weighted by Crippen LogP contribution is 2.62. The van der Waals surface area contributed by atoms with Crippen LogP contribution in [-0.2, 0) is 0 Å². The smallest absolute Gasteiger partial charge is 0.171 e. The Morgan fingerprint density at radius 1 is 0.345 bits per heavy atom. The molecule has 504 valence electrons. The fraction of sp³-hybridized carbons (Fsp3) is 1.00. The molecule has 0 aromatic heterocycles. The molecule has 0 heterocycles. The van der Waals surface area contributed by atoms with Gasteiger partial charge in [0.25, 0.3) is 0 Å². The Hall–Kier alpha value is -1.47. The van der Waals surface area contributed by atoms with Gasteiger partial charge in [-0.1, -0.05) is 162 Å². The Kier molecular flexibility index (Phi) is 28.9. The molecule has 0 aromatic carbocycles. The highest BCUT2D eigenvalue weighted by Gasteiger charge is 2.73. The zero-order chi connectivity index (χ0) is 66.1. The molecular formula is C63H105F21. The monoisotopic (exact) mass is 1260 g/mol.